The monoisotopic (exact) mass is 457 g/mol. The second-order valence-corrected chi connectivity index (χ2v) is 8.71. The van der Waals surface area contributed by atoms with Crippen molar-refractivity contribution in [1.29, 1.82) is 0 Å². The minimum atomic E-state index is -4.01. The summed E-state index contributed by atoms with van der Waals surface area (Å²) in [6.07, 6.45) is 1.38. The number of benzene rings is 2. The highest BCUT2D eigenvalue weighted by molar-refractivity contribution is 7.93. The Kier molecular flexibility index (Phi) is 4.96. The summed E-state index contributed by atoms with van der Waals surface area (Å²) in [6, 6.07) is 8.97. The number of nitrogens with zero attached hydrogens (tertiary/aromatic N) is 4. The van der Waals surface area contributed by atoms with Crippen LogP contribution in [-0.4, -0.2) is 26.9 Å². The van der Waals surface area contributed by atoms with Crippen molar-refractivity contribution in [2.45, 2.75) is 11.4 Å². The van der Waals surface area contributed by atoms with Crippen LogP contribution in [0, 0.1) is 5.82 Å². The van der Waals surface area contributed by atoms with E-state index in [0.717, 1.165) is 11.7 Å². The Morgan fingerprint density at radius 1 is 1.11 bits per heavy atom. The first-order valence-corrected chi connectivity index (χ1v) is 10.7. The highest BCUT2D eigenvalue weighted by Crippen LogP contribution is 2.27. The molecule has 0 saturated heterocycles. The summed E-state index contributed by atoms with van der Waals surface area (Å²) < 4.78 is 51.2. The highest BCUT2D eigenvalue weighted by atomic mass is 35.5. The van der Waals surface area contributed by atoms with Gasteiger partial charge in [0.05, 0.1) is 18.3 Å². The third kappa shape index (κ3) is 3.55. The highest BCUT2D eigenvalue weighted by Gasteiger charge is 2.22. The maximum Gasteiger partial charge on any atom is 0.265 e. The number of rotatable bonds is 5. The summed E-state index contributed by atoms with van der Waals surface area (Å²) in [5.41, 5.74) is 0.948. The van der Waals surface area contributed by atoms with Crippen LogP contribution in [0.25, 0.3) is 11.0 Å². The number of sulfonamides is 1. The molecule has 0 aliphatic carbocycles. The maximum absolute atomic E-state index is 14.0. The number of aromatic nitrogens is 4. The molecule has 28 heavy (non-hydrogen) atoms. The van der Waals surface area contributed by atoms with Gasteiger partial charge in [-0.3, -0.25) is 9.40 Å². The van der Waals surface area contributed by atoms with E-state index in [-0.39, 0.29) is 38.4 Å². The Morgan fingerprint density at radius 2 is 1.89 bits per heavy atom. The molecule has 0 radical (unpaired) electrons. The van der Waals surface area contributed by atoms with E-state index >= 15 is 0 Å². The molecule has 0 atom stereocenters. The van der Waals surface area contributed by atoms with Gasteiger partial charge >= 0.3 is 0 Å². The quantitative estimate of drug-likeness (QED) is 0.485. The Hall–Kier alpha value is -2.27. The van der Waals surface area contributed by atoms with Gasteiger partial charge in [-0.05, 0) is 24.3 Å². The first kappa shape index (κ1) is 19.1. The van der Waals surface area contributed by atoms with E-state index in [4.69, 9.17) is 23.2 Å². The van der Waals surface area contributed by atoms with Crippen LogP contribution < -0.4 is 4.72 Å². The molecule has 2 aromatic heterocycles. The van der Waals surface area contributed by atoms with Crippen LogP contribution in [-0.2, 0) is 16.6 Å². The molecule has 0 aliphatic rings. The fourth-order valence-electron chi connectivity index (χ4n) is 2.57. The van der Waals surface area contributed by atoms with Crippen molar-refractivity contribution in [2.75, 3.05) is 4.72 Å². The number of fused-ring (bicyclic) bond motifs is 1. The lowest BCUT2D eigenvalue weighted by atomic mass is 10.2. The summed E-state index contributed by atoms with van der Waals surface area (Å²) >= 11 is 13.1. The van der Waals surface area contributed by atoms with Gasteiger partial charge in [0, 0.05) is 16.8 Å². The van der Waals surface area contributed by atoms with Crippen LogP contribution in [0.3, 0.4) is 0 Å². The average Bonchev–Trinajstić information content (AvgIpc) is 3.24. The van der Waals surface area contributed by atoms with E-state index in [0.29, 0.717) is 5.52 Å². The van der Waals surface area contributed by atoms with Gasteiger partial charge in [0.25, 0.3) is 10.0 Å². The summed E-state index contributed by atoms with van der Waals surface area (Å²) in [6.45, 7) is -0.0153. The van der Waals surface area contributed by atoms with Gasteiger partial charge < -0.3 is 0 Å². The number of anilines is 1. The second-order valence-electron chi connectivity index (χ2n) is 5.72. The molecule has 1 N–H and O–H groups in total. The fraction of sp³-hybridized carbons (Fsp3) is 0.0625. The van der Waals surface area contributed by atoms with Crippen molar-refractivity contribution in [3.05, 3.63) is 64.0 Å². The zero-order chi connectivity index (χ0) is 19.9. The normalized spacial score (nSPS) is 11.8. The van der Waals surface area contributed by atoms with E-state index in [9.17, 15) is 12.8 Å². The molecule has 0 unspecified atom stereocenters. The molecule has 0 amide bonds. The molecule has 0 bridgehead atoms. The van der Waals surface area contributed by atoms with Crippen molar-refractivity contribution in [2.24, 2.45) is 0 Å². The van der Waals surface area contributed by atoms with E-state index in [2.05, 4.69) is 18.6 Å². The average molecular weight is 458 g/mol. The first-order valence-electron chi connectivity index (χ1n) is 7.75. The molecule has 2 aromatic carbocycles. The summed E-state index contributed by atoms with van der Waals surface area (Å²) in [5.74, 6) is -0.585. The van der Waals surface area contributed by atoms with E-state index < -0.39 is 15.8 Å². The molecule has 12 heteroatoms. The molecule has 4 rings (SSSR count). The molecule has 144 valence electrons. The summed E-state index contributed by atoms with van der Waals surface area (Å²) in [7, 11) is -4.01. The van der Waals surface area contributed by atoms with Gasteiger partial charge in [-0.2, -0.15) is 13.8 Å². The molecule has 0 fully saturated rings. The molecule has 0 saturated carbocycles. The third-order valence-electron chi connectivity index (χ3n) is 3.87. The predicted molar refractivity (Wildman–Crippen MR) is 106 cm³/mol. The zero-order valence-electron chi connectivity index (χ0n) is 13.8. The van der Waals surface area contributed by atoms with Crippen LogP contribution in [0.1, 0.15) is 5.56 Å². The lowest BCUT2D eigenvalue weighted by Crippen LogP contribution is -2.14. The summed E-state index contributed by atoms with van der Waals surface area (Å²) in [4.78, 5) is -0.0403. The third-order valence-corrected chi connectivity index (χ3v) is 6.41. The minimum absolute atomic E-state index is 0.0153. The van der Waals surface area contributed by atoms with Crippen LogP contribution in [0.5, 0.6) is 0 Å². The Morgan fingerprint density at radius 3 is 2.68 bits per heavy atom. The SMILES string of the molecule is O=S(=O)(Nc1nn(Cc2c(F)cccc2Cl)cc1Cl)c1cccc2nsnc12. The largest absolute Gasteiger partial charge is 0.265 e. The van der Waals surface area contributed by atoms with Gasteiger partial charge in [-0.1, -0.05) is 35.3 Å². The van der Waals surface area contributed by atoms with Gasteiger partial charge in [0.15, 0.2) is 5.82 Å². The topological polar surface area (TPSA) is 89.8 Å². The van der Waals surface area contributed by atoms with E-state index in [1.807, 2.05) is 0 Å². The van der Waals surface area contributed by atoms with Crippen LogP contribution in [0.15, 0.2) is 47.5 Å². The molecular formula is C16H10Cl2FN5O2S2. The zero-order valence-corrected chi connectivity index (χ0v) is 16.9. The predicted octanol–water partition coefficient (Wildman–Crippen LogP) is 4.18. The minimum Gasteiger partial charge on any atom is -0.264 e. The molecule has 2 heterocycles. The molecule has 4 aromatic rings. The van der Waals surface area contributed by atoms with Crippen LogP contribution in [0.2, 0.25) is 10.0 Å². The fourth-order valence-corrected chi connectivity index (χ4v) is 4.83. The number of halogens is 3. The van der Waals surface area contributed by atoms with Gasteiger partial charge in [-0.15, -0.1) is 0 Å². The smallest absolute Gasteiger partial charge is 0.264 e. The van der Waals surface area contributed by atoms with Crippen molar-refractivity contribution < 1.29 is 12.8 Å². The Labute approximate surface area is 173 Å². The van der Waals surface area contributed by atoms with Gasteiger partial charge in [-0.25, -0.2) is 12.8 Å². The van der Waals surface area contributed by atoms with Gasteiger partial charge in [0.1, 0.15) is 26.8 Å². The van der Waals surface area contributed by atoms with E-state index in [1.165, 1.54) is 29.1 Å². The Bertz CT molecular complexity index is 1270. The number of hydrogen-bond donors (Lipinski definition) is 1. The maximum atomic E-state index is 14.0. The van der Waals surface area contributed by atoms with E-state index in [1.54, 1.807) is 18.2 Å². The van der Waals surface area contributed by atoms with Crippen LogP contribution >= 0.6 is 34.9 Å². The molecule has 0 aliphatic heterocycles. The summed E-state index contributed by atoms with van der Waals surface area (Å²) in [5, 5.41) is 4.39. The molecule has 0 spiro atoms. The number of hydrogen-bond acceptors (Lipinski definition) is 6. The van der Waals surface area contributed by atoms with Crippen molar-refractivity contribution >= 4 is 61.8 Å². The van der Waals surface area contributed by atoms with Crippen molar-refractivity contribution in [3.63, 3.8) is 0 Å². The lowest BCUT2D eigenvalue weighted by Gasteiger charge is -2.07. The van der Waals surface area contributed by atoms with Crippen molar-refractivity contribution in [1.82, 2.24) is 18.5 Å². The van der Waals surface area contributed by atoms with Gasteiger partial charge in [0.2, 0.25) is 0 Å². The molecule has 7 nitrogen and oxygen atoms in total. The van der Waals surface area contributed by atoms with Crippen molar-refractivity contribution in [3.8, 4) is 0 Å². The van der Waals surface area contributed by atoms with Crippen LogP contribution in [0.4, 0.5) is 10.2 Å². The Balaban J connectivity index is 1.65. The second kappa shape index (κ2) is 7.28. The standard InChI is InChI=1S/C16H10Cl2FN5O2S2/c17-10-3-1-4-12(19)9(10)7-24-8-11(18)16(20-24)23-28(25,26)14-6-2-5-13-15(14)22-27-21-13/h1-6,8H,7H2,(H,20,23). The lowest BCUT2D eigenvalue weighted by molar-refractivity contribution is 0.585. The number of nitrogens with one attached hydrogen (secondary N) is 1. The molecular weight excluding hydrogens is 448 g/mol. The first-order chi connectivity index (χ1) is 13.3.